The number of hydrogen-bond acceptors (Lipinski definition) is 6. The van der Waals surface area contributed by atoms with Crippen LogP contribution in [0.25, 0.3) is 0 Å². The lowest BCUT2D eigenvalue weighted by Crippen LogP contribution is -2.15. The Kier molecular flexibility index (Phi) is 4.56. The van der Waals surface area contributed by atoms with Crippen LogP contribution in [0.15, 0.2) is 4.52 Å². The number of hydrogen-bond donors (Lipinski definition) is 2. The molecular weight excluding hydrogens is 248 g/mol. The molecule has 0 saturated carbocycles. The van der Waals surface area contributed by atoms with Crippen molar-refractivity contribution in [3.05, 3.63) is 11.7 Å². The highest BCUT2D eigenvalue weighted by molar-refractivity contribution is 4.97. The van der Waals surface area contributed by atoms with E-state index in [1.54, 1.807) is 0 Å². The Morgan fingerprint density at radius 2 is 2.39 bits per heavy atom. The number of aliphatic hydroxyl groups excluding tert-OH is 1. The number of aromatic nitrogens is 2. The summed E-state index contributed by atoms with van der Waals surface area (Å²) >= 11 is 0. The number of aliphatic hydroxyl groups is 1. The predicted molar refractivity (Wildman–Crippen MR) is 56.2 cm³/mol. The van der Waals surface area contributed by atoms with Crippen LogP contribution >= 0.6 is 0 Å². The number of nitrogens with one attached hydrogen (secondary N) is 1. The lowest BCUT2D eigenvalue weighted by Gasteiger charge is -2.01. The lowest BCUT2D eigenvalue weighted by atomic mass is 10.2. The van der Waals surface area contributed by atoms with Gasteiger partial charge in [-0.1, -0.05) is 5.16 Å². The summed E-state index contributed by atoms with van der Waals surface area (Å²) in [5, 5.41) is 16.1. The topological polar surface area (TPSA) is 80.4 Å². The SMILES string of the molecule is O[C@H]1CN[C@H](c2nc(CCOCC(F)F)no2)C1. The summed E-state index contributed by atoms with van der Waals surface area (Å²) in [6, 6.07) is -0.136. The van der Waals surface area contributed by atoms with Crippen molar-refractivity contribution in [1.29, 1.82) is 0 Å². The van der Waals surface area contributed by atoms with Crippen LogP contribution in [0.2, 0.25) is 0 Å². The Labute approximate surface area is 102 Å². The van der Waals surface area contributed by atoms with Gasteiger partial charge in [-0.15, -0.1) is 0 Å². The van der Waals surface area contributed by atoms with Crippen LogP contribution in [0.1, 0.15) is 24.2 Å². The van der Waals surface area contributed by atoms with E-state index in [0.29, 0.717) is 31.1 Å². The molecule has 0 aliphatic carbocycles. The summed E-state index contributed by atoms with van der Waals surface area (Å²) in [7, 11) is 0. The molecule has 0 unspecified atom stereocenters. The molecule has 1 aliphatic rings. The second-order valence-corrected chi connectivity index (χ2v) is 4.12. The molecule has 1 aliphatic heterocycles. The molecule has 1 saturated heterocycles. The van der Waals surface area contributed by atoms with Gasteiger partial charge in [-0.25, -0.2) is 8.78 Å². The Morgan fingerprint density at radius 1 is 1.56 bits per heavy atom. The van der Waals surface area contributed by atoms with Crippen LogP contribution in [0.3, 0.4) is 0 Å². The van der Waals surface area contributed by atoms with Gasteiger partial charge >= 0.3 is 0 Å². The third-order valence-electron chi connectivity index (χ3n) is 2.60. The molecule has 0 radical (unpaired) electrons. The Bertz CT molecular complexity index is 375. The van der Waals surface area contributed by atoms with E-state index in [1.807, 2.05) is 0 Å². The Hall–Kier alpha value is -1.12. The average Bonchev–Trinajstić information content (AvgIpc) is 2.93. The molecule has 2 rings (SSSR count). The summed E-state index contributed by atoms with van der Waals surface area (Å²) in [6.07, 6.45) is -2.01. The second-order valence-electron chi connectivity index (χ2n) is 4.12. The van der Waals surface area contributed by atoms with E-state index in [2.05, 4.69) is 15.5 Å². The van der Waals surface area contributed by atoms with E-state index < -0.39 is 19.1 Å². The van der Waals surface area contributed by atoms with E-state index in [-0.39, 0.29) is 12.6 Å². The molecule has 0 aromatic carbocycles. The summed E-state index contributed by atoms with van der Waals surface area (Å²) in [5.41, 5.74) is 0. The van der Waals surface area contributed by atoms with Gasteiger partial charge in [-0.3, -0.25) is 0 Å². The maximum absolute atomic E-state index is 11.8. The first kappa shape index (κ1) is 13.3. The van der Waals surface area contributed by atoms with Gasteiger partial charge in [0.15, 0.2) is 5.82 Å². The zero-order valence-electron chi connectivity index (χ0n) is 9.68. The summed E-state index contributed by atoms with van der Waals surface area (Å²) in [5.74, 6) is 0.831. The highest BCUT2D eigenvalue weighted by Gasteiger charge is 2.27. The number of β-amino-alcohol motifs (C(OH)–C–C–N with tert-alkyl or cyclic N) is 1. The number of halogens is 2. The third-order valence-corrected chi connectivity index (χ3v) is 2.60. The number of nitrogens with zero attached hydrogens (tertiary/aromatic N) is 2. The van der Waals surface area contributed by atoms with Gasteiger partial charge in [0.05, 0.1) is 18.8 Å². The fourth-order valence-corrected chi connectivity index (χ4v) is 1.75. The van der Waals surface area contributed by atoms with Gasteiger partial charge < -0.3 is 19.7 Å². The fourth-order valence-electron chi connectivity index (χ4n) is 1.75. The molecule has 0 amide bonds. The van der Waals surface area contributed by atoms with E-state index in [9.17, 15) is 13.9 Å². The molecule has 0 spiro atoms. The van der Waals surface area contributed by atoms with Crippen LogP contribution in [-0.2, 0) is 11.2 Å². The summed E-state index contributed by atoms with van der Waals surface area (Å²) in [4.78, 5) is 4.12. The van der Waals surface area contributed by atoms with E-state index in [0.717, 1.165) is 0 Å². The van der Waals surface area contributed by atoms with Gasteiger partial charge in [0.25, 0.3) is 6.43 Å². The fraction of sp³-hybridized carbons (Fsp3) is 0.800. The van der Waals surface area contributed by atoms with Crippen LogP contribution in [-0.4, -0.2) is 47.5 Å². The largest absolute Gasteiger partial charge is 0.392 e. The monoisotopic (exact) mass is 263 g/mol. The van der Waals surface area contributed by atoms with Crippen molar-refractivity contribution >= 4 is 0 Å². The number of ether oxygens (including phenoxy) is 1. The average molecular weight is 263 g/mol. The first-order chi connectivity index (χ1) is 8.65. The third kappa shape index (κ3) is 3.69. The number of rotatable bonds is 6. The minimum atomic E-state index is -2.46. The second kappa shape index (κ2) is 6.17. The number of alkyl halides is 2. The quantitative estimate of drug-likeness (QED) is 0.718. The molecule has 0 bridgehead atoms. The van der Waals surface area contributed by atoms with Crippen molar-refractivity contribution in [1.82, 2.24) is 15.5 Å². The standard InChI is InChI=1S/C10H15F2N3O3/c11-8(12)5-17-2-1-9-14-10(18-15-9)7-3-6(16)4-13-7/h6-8,13,16H,1-5H2/t6-,7+/m1/s1. The zero-order chi connectivity index (χ0) is 13.0. The molecule has 2 heterocycles. The first-order valence-corrected chi connectivity index (χ1v) is 5.75. The van der Waals surface area contributed by atoms with Gasteiger partial charge in [0, 0.05) is 13.0 Å². The molecule has 8 heteroatoms. The maximum Gasteiger partial charge on any atom is 0.261 e. The van der Waals surface area contributed by atoms with Gasteiger partial charge in [0.1, 0.15) is 6.61 Å². The van der Waals surface area contributed by atoms with Crippen molar-refractivity contribution < 1.29 is 23.1 Å². The molecule has 2 N–H and O–H groups in total. The molecule has 2 atom stereocenters. The Morgan fingerprint density at radius 3 is 3.06 bits per heavy atom. The van der Waals surface area contributed by atoms with Crippen LogP contribution < -0.4 is 5.32 Å². The van der Waals surface area contributed by atoms with Crippen LogP contribution in [0, 0.1) is 0 Å². The van der Waals surface area contributed by atoms with E-state index in [4.69, 9.17) is 9.26 Å². The van der Waals surface area contributed by atoms with Gasteiger partial charge in [0.2, 0.25) is 5.89 Å². The summed E-state index contributed by atoms with van der Waals surface area (Å²) in [6.45, 7) is 0.0466. The molecular formula is C10H15F2N3O3. The molecule has 1 aromatic rings. The highest BCUT2D eigenvalue weighted by atomic mass is 19.3. The van der Waals surface area contributed by atoms with Crippen molar-refractivity contribution in [2.75, 3.05) is 19.8 Å². The van der Waals surface area contributed by atoms with Crippen molar-refractivity contribution in [3.63, 3.8) is 0 Å². The van der Waals surface area contributed by atoms with Gasteiger partial charge in [-0.2, -0.15) is 4.98 Å². The van der Waals surface area contributed by atoms with Crippen LogP contribution in [0.5, 0.6) is 0 Å². The minimum absolute atomic E-state index is 0.129. The van der Waals surface area contributed by atoms with E-state index in [1.165, 1.54) is 0 Å². The normalized spacial score (nSPS) is 24.0. The van der Waals surface area contributed by atoms with Gasteiger partial charge in [-0.05, 0) is 6.42 Å². The van der Waals surface area contributed by atoms with Crippen molar-refractivity contribution in [2.45, 2.75) is 31.4 Å². The first-order valence-electron chi connectivity index (χ1n) is 5.75. The Balaban J connectivity index is 1.76. The van der Waals surface area contributed by atoms with Crippen molar-refractivity contribution in [3.8, 4) is 0 Å². The summed E-state index contributed by atoms with van der Waals surface area (Å²) < 4.78 is 33.4. The molecule has 1 aromatic heterocycles. The minimum Gasteiger partial charge on any atom is -0.392 e. The zero-order valence-corrected chi connectivity index (χ0v) is 9.68. The highest BCUT2D eigenvalue weighted by Crippen LogP contribution is 2.21. The maximum atomic E-state index is 11.8. The van der Waals surface area contributed by atoms with Crippen molar-refractivity contribution in [2.24, 2.45) is 0 Å². The van der Waals surface area contributed by atoms with Crippen LogP contribution in [0.4, 0.5) is 8.78 Å². The molecule has 1 fully saturated rings. The van der Waals surface area contributed by atoms with E-state index >= 15 is 0 Å². The molecule has 18 heavy (non-hydrogen) atoms. The predicted octanol–water partition coefficient (Wildman–Crippen LogP) is 0.289. The molecule has 6 nitrogen and oxygen atoms in total. The smallest absolute Gasteiger partial charge is 0.261 e. The lowest BCUT2D eigenvalue weighted by molar-refractivity contribution is 0.0182. The molecule has 102 valence electrons.